The van der Waals surface area contributed by atoms with Crippen molar-refractivity contribution >= 4 is 39.9 Å². The van der Waals surface area contributed by atoms with E-state index in [4.69, 9.17) is 25.8 Å². The third-order valence-corrected chi connectivity index (χ3v) is 5.83. The number of benzene rings is 1. The molecular formula is C25H22ClN5O5S. The summed E-state index contributed by atoms with van der Waals surface area (Å²) in [5.41, 5.74) is 1.97. The zero-order chi connectivity index (χ0) is 26.4. The largest absolute Gasteiger partial charge is 0.496 e. The van der Waals surface area contributed by atoms with Crippen molar-refractivity contribution in [2.45, 2.75) is 26.6 Å². The van der Waals surface area contributed by atoms with E-state index < -0.39 is 11.9 Å². The molecule has 0 radical (unpaired) electrons. The topological polar surface area (TPSA) is 125 Å². The first-order valence-corrected chi connectivity index (χ1v) is 12.3. The summed E-state index contributed by atoms with van der Waals surface area (Å²) in [6.45, 7) is 3.65. The van der Waals surface area contributed by atoms with Crippen LogP contribution in [0.25, 0.3) is 11.1 Å². The lowest BCUT2D eigenvalue weighted by Crippen LogP contribution is -2.17. The maximum atomic E-state index is 13.3. The van der Waals surface area contributed by atoms with Gasteiger partial charge < -0.3 is 14.2 Å². The molecule has 0 aliphatic carbocycles. The van der Waals surface area contributed by atoms with E-state index in [2.05, 4.69) is 25.5 Å². The van der Waals surface area contributed by atoms with Crippen LogP contribution in [0.4, 0.5) is 5.13 Å². The third kappa shape index (κ3) is 6.57. The van der Waals surface area contributed by atoms with Crippen LogP contribution in [0.5, 0.6) is 10.9 Å². The zero-order valence-corrected chi connectivity index (χ0v) is 21.7. The van der Waals surface area contributed by atoms with Gasteiger partial charge in [-0.3, -0.25) is 15.1 Å². The summed E-state index contributed by atoms with van der Waals surface area (Å²) in [5.74, 6) is -0.577. The fourth-order valence-electron chi connectivity index (χ4n) is 3.22. The first-order valence-electron chi connectivity index (χ1n) is 11.1. The molecule has 37 heavy (non-hydrogen) atoms. The molecule has 1 aromatic carbocycles. The summed E-state index contributed by atoms with van der Waals surface area (Å²) in [4.78, 5) is 34.1. The Bertz CT molecular complexity index is 1410. The minimum absolute atomic E-state index is 0.0635. The molecule has 1 amide bonds. The molecule has 0 aliphatic heterocycles. The van der Waals surface area contributed by atoms with Crippen LogP contribution in [0, 0.1) is 0 Å². The maximum Gasteiger partial charge on any atom is 0.357 e. The van der Waals surface area contributed by atoms with Crippen molar-refractivity contribution < 1.29 is 23.8 Å². The molecule has 0 aliphatic rings. The van der Waals surface area contributed by atoms with Gasteiger partial charge in [0.2, 0.25) is 5.13 Å². The predicted molar refractivity (Wildman–Crippen MR) is 138 cm³/mol. The fourth-order valence-corrected chi connectivity index (χ4v) is 3.93. The van der Waals surface area contributed by atoms with E-state index in [0.29, 0.717) is 27.6 Å². The Kier molecular flexibility index (Phi) is 8.26. The summed E-state index contributed by atoms with van der Waals surface area (Å²) in [7, 11) is 1.52. The van der Waals surface area contributed by atoms with E-state index in [1.807, 2.05) is 0 Å². The number of esters is 1. The number of halogens is 1. The number of ether oxygens (including phenoxy) is 3. The highest BCUT2D eigenvalue weighted by molar-refractivity contribution is 7.17. The van der Waals surface area contributed by atoms with Crippen LogP contribution in [-0.4, -0.2) is 45.3 Å². The molecule has 0 saturated carbocycles. The van der Waals surface area contributed by atoms with Gasteiger partial charge in [0.15, 0.2) is 0 Å². The average molecular weight is 540 g/mol. The Labute approximate surface area is 221 Å². The van der Waals surface area contributed by atoms with Gasteiger partial charge in [0, 0.05) is 23.5 Å². The van der Waals surface area contributed by atoms with E-state index >= 15 is 0 Å². The number of hydrogen-bond donors (Lipinski definition) is 1. The molecule has 10 nitrogen and oxygen atoms in total. The summed E-state index contributed by atoms with van der Waals surface area (Å²) in [5, 5.41) is 11.6. The van der Waals surface area contributed by atoms with Crippen LogP contribution in [0.15, 0.2) is 54.9 Å². The van der Waals surface area contributed by atoms with E-state index in [-0.39, 0.29) is 34.3 Å². The minimum atomic E-state index is -0.598. The molecular weight excluding hydrogens is 518 g/mol. The Morgan fingerprint density at radius 2 is 1.86 bits per heavy atom. The average Bonchev–Trinajstić information content (AvgIpc) is 3.34. The van der Waals surface area contributed by atoms with Gasteiger partial charge in [-0.25, -0.2) is 9.78 Å². The molecule has 1 N–H and O–H groups in total. The van der Waals surface area contributed by atoms with Crippen LogP contribution in [0.1, 0.15) is 40.4 Å². The summed E-state index contributed by atoms with van der Waals surface area (Å²) in [6.07, 6.45) is 2.52. The third-order valence-electron chi connectivity index (χ3n) is 4.86. The quantitative estimate of drug-likeness (QED) is 0.291. The highest BCUT2D eigenvalue weighted by Gasteiger charge is 2.22. The molecule has 3 heterocycles. The molecule has 0 saturated heterocycles. The second kappa shape index (κ2) is 11.8. The number of pyridine rings is 2. The highest BCUT2D eigenvalue weighted by Crippen LogP contribution is 2.33. The number of nitrogens with zero attached hydrogens (tertiary/aromatic N) is 4. The second-order valence-corrected chi connectivity index (χ2v) is 9.23. The molecule has 0 fully saturated rings. The summed E-state index contributed by atoms with van der Waals surface area (Å²) in [6, 6.07) is 12.1. The SMILES string of the molecule is COc1ccccc1-c1cc(C(=O)OC(C)C)ncc1C(=O)Nc1nnc(OCc2ccc(Cl)cn2)s1. The lowest BCUT2D eigenvalue weighted by Gasteiger charge is -2.14. The fraction of sp³-hybridized carbons (Fsp3) is 0.200. The van der Waals surface area contributed by atoms with Gasteiger partial charge in [0.1, 0.15) is 18.1 Å². The van der Waals surface area contributed by atoms with Gasteiger partial charge in [-0.05, 0) is 49.4 Å². The van der Waals surface area contributed by atoms with Crippen LogP contribution < -0.4 is 14.8 Å². The smallest absolute Gasteiger partial charge is 0.357 e. The van der Waals surface area contributed by atoms with Crippen molar-refractivity contribution in [1.82, 2.24) is 20.2 Å². The number of rotatable bonds is 9. The van der Waals surface area contributed by atoms with Crippen LogP contribution in [0.3, 0.4) is 0 Å². The number of hydrogen-bond acceptors (Lipinski definition) is 10. The Morgan fingerprint density at radius 1 is 1.05 bits per heavy atom. The van der Waals surface area contributed by atoms with E-state index in [1.54, 1.807) is 50.2 Å². The molecule has 4 aromatic rings. The molecule has 12 heteroatoms. The molecule has 0 bridgehead atoms. The molecule has 3 aromatic heterocycles. The molecule has 4 rings (SSSR count). The Balaban J connectivity index is 1.57. The lowest BCUT2D eigenvalue weighted by atomic mass is 9.99. The van der Waals surface area contributed by atoms with Crippen molar-refractivity contribution in [3.63, 3.8) is 0 Å². The van der Waals surface area contributed by atoms with E-state index in [9.17, 15) is 9.59 Å². The number of para-hydroxylation sites is 1. The van der Waals surface area contributed by atoms with Crippen molar-refractivity contribution in [3.8, 4) is 22.1 Å². The number of carbonyl (C=O) groups is 2. The minimum Gasteiger partial charge on any atom is -0.496 e. The number of amides is 1. The van der Waals surface area contributed by atoms with E-state index in [1.165, 1.54) is 25.6 Å². The standard InChI is InChI=1S/C25H22ClN5O5S/c1-14(2)36-23(33)20-10-18(17-6-4-5-7-21(17)34-3)19(12-28-20)22(32)29-24-30-31-25(37-24)35-13-16-9-8-15(26)11-27-16/h4-12,14H,13H2,1-3H3,(H,29,30,32). The highest BCUT2D eigenvalue weighted by atomic mass is 35.5. The summed E-state index contributed by atoms with van der Waals surface area (Å²) < 4.78 is 16.3. The number of methoxy groups -OCH3 is 1. The van der Waals surface area contributed by atoms with Gasteiger partial charge in [0.25, 0.3) is 11.1 Å². The van der Waals surface area contributed by atoms with Crippen LogP contribution in [0.2, 0.25) is 5.02 Å². The molecule has 190 valence electrons. The van der Waals surface area contributed by atoms with Gasteiger partial charge >= 0.3 is 5.97 Å². The van der Waals surface area contributed by atoms with E-state index in [0.717, 1.165) is 11.3 Å². The lowest BCUT2D eigenvalue weighted by molar-refractivity contribution is 0.0370. The number of carbonyl (C=O) groups excluding carboxylic acids is 2. The number of nitrogens with one attached hydrogen (secondary N) is 1. The zero-order valence-electron chi connectivity index (χ0n) is 20.1. The maximum absolute atomic E-state index is 13.3. The monoisotopic (exact) mass is 539 g/mol. The molecule has 0 spiro atoms. The van der Waals surface area contributed by atoms with Crippen molar-refractivity contribution in [1.29, 1.82) is 0 Å². The van der Waals surface area contributed by atoms with Crippen LogP contribution >= 0.6 is 22.9 Å². The molecule has 0 atom stereocenters. The second-order valence-electron chi connectivity index (χ2n) is 7.85. The first kappa shape index (κ1) is 26.0. The molecule has 0 unspecified atom stereocenters. The van der Waals surface area contributed by atoms with Crippen molar-refractivity contribution in [3.05, 3.63) is 76.8 Å². The first-order chi connectivity index (χ1) is 17.8. The van der Waals surface area contributed by atoms with Crippen molar-refractivity contribution in [2.75, 3.05) is 12.4 Å². The number of aromatic nitrogens is 4. The van der Waals surface area contributed by atoms with Gasteiger partial charge in [0.05, 0.1) is 29.5 Å². The van der Waals surface area contributed by atoms with Gasteiger partial charge in [-0.2, -0.15) is 0 Å². The predicted octanol–water partition coefficient (Wildman–Crippen LogP) is 5.05. The number of anilines is 1. The van der Waals surface area contributed by atoms with Crippen molar-refractivity contribution in [2.24, 2.45) is 0 Å². The summed E-state index contributed by atoms with van der Waals surface area (Å²) >= 11 is 6.90. The normalized spacial score (nSPS) is 10.7. The van der Waals surface area contributed by atoms with Gasteiger partial charge in [-0.15, -0.1) is 5.10 Å². The van der Waals surface area contributed by atoms with Gasteiger partial charge in [-0.1, -0.05) is 34.9 Å². The van der Waals surface area contributed by atoms with Crippen LogP contribution in [-0.2, 0) is 11.3 Å². The Morgan fingerprint density at radius 3 is 2.59 bits per heavy atom. The Hall–Kier alpha value is -4.09.